The molecule has 0 unspecified atom stereocenters. The van der Waals surface area contributed by atoms with Crippen molar-refractivity contribution in [1.82, 2.24) is 4.31 Å². The first kappa shape index (κ1) is 32.0. The molecule has 0 aliphatic heterocycles. The fourth-order valence-electron chi connectivity index (χ4n) is 6.05. The van der Waals surface area contributed by atoms with Crippen LogP contribution in [0.5, 0.6) is 0 Å². The Morgan fingerprint density at radius 2 is 1.45 bits per heavy atom. The van der Waals surface area contributed by atoms with E-state index < -0.39 is 45.6 Å². The van der Waals surface area contributed by atoms with E-state index in [9.17, 15) is 23.1 Å². The zero-order valence-corrected chi connectivity index (χ0v) is 25.8. The number of fused-ring (bicyclic) bond motifs is 1. The Bertz CT molecular complexity index is 2060. The van der Waals surface area contributed by atoms with Crippen LogP contribution >= 0.6 is 0 Å². The minimum atomic E-state index is -4.72. The maximum atomic E-state index is 15.1. The molecule has 0 amide bonds. The molecule has 240 valence electrons. The van der Waals surface area contributed by atoms with Crippen LogP contribution in [-0.4, -0.2) is 30.3 Å². The van der Waals surface area contributed by atoms with Gasteiger partial charge in [0.1, 0.15) is 17.9 Å². The molecule has 5 aromatic rings. The maximum absolute atomic E-state index is 15.1. The lowest BCUT2D eigenvalue weighted by Crippen LogP contribution is -2.47. The molecule has 1 N–H and O–H groups in total. The van der Waals surface area contributed by atoms with Crippen LogP contribution in [0.1, 0.15) is 39.5 Å². The van der Waals surface area contributed by atoms with E-state index in [1.54, 1.807) is 48.6 Å². The summed E-state index contributed by atoms with van der Waals surface area (Å²) < 4.78 is 76.1. The van der Waals surface area contributed by atoms with Gasteiger partial charge in [-0.15, -0.1) is 0 Å². The Labute approximate surface area is 270 Å². The third-order valence-electron chi connectivity index (χ3n) is 8.25. The zero-order valence-electron chi connectivity index (χ0n) is 25.0. The Morgan fingerprint density at radius 1 is 0.830 bits per heavy atom. The predicted octanol–water partition coefficient (Wildman–Crippen LogP) is 8.06. The van der Waals surface area contributed by atoms with E-state index in [-0.39, 0.29) is 17.9 Å². The van der Waals surface area contributed by atoms with Crippen LogP contribution in [0.15, 0.2) is 138 Å². The Balaban J connectivity index is 1.55. The summed E-state index contributed by atoms with van der Waals surface area (Å²) in [5.74, 6) is -1.38. The summed E-state index contributed by atoms with van der Waals surface area (Å²) in [4.78, 5) is 12.2. The number of sulfonamides is 1. The van der Waals surface area contributed by atoms with Crippen molar-refractivity contribution in [1.29, 1.82) is 0 Å². The number of alkyl halides is 3. The molecule has 0 bridgehead atoms. The van der Waals surface area contributed by atoms with Crippen LogP contribution < -0.4 is 0 Å². The molecule has 10 heteroatoms. The van der Waals surface area contributed by atoms with E-state index in [1.165, 1.54) is 12.1 Å². The molecule has 47 heavy (non-hydrogen) atoms. The Hall–Kier alpha value is -4.93. The molecule has 6 nitrogen and oxygen atoms in total. The van der Waals surface area contributed by atoms with Crippen LogP contribution in [0, 0.1) is 0 Å². The summed E-state index contributed by atoms with van der Waals surface area (Å²) in [5, 5.41) is 10.4. The van der Waals surface area contributed by atoms with Crippen molar-refractivity contribution in [3.8, 4) is 0 Å². The third kappa shape index (κ3) is 6.39. The number of furan rings is 1. The number of rotatable bonds is 10. The van der Waals surface area contributed by atoms with Crippen molar-refractivity contribution >= 4 is 27.0 Å². The van der Waals surface area contributed by atoms with Crippen molar-refractivity contribution in [2.45, 2.75) is 29.8 Å². The van der Waals surface area contributed by atoms with Gasteiger partial charge in [0.25, 0.3) is 0 Å². The molecular formula is C37H30F3NO5S. The second kappa shape index (κ2) is 12.7. The van der Waals surface area contributed by atoms with Gasteiger partial charge in [-0.25, -0.2) is 8.42 Å². The topological polar surface area (TPSA) is 87.8 Å². The Morgan fingerprint density at radius 3 is 2.11 bits per heavy atom. The minimum Gasteiger partial charge on any atom is -0.480 e. The standard InChI is InChI=1S/C37H30F3NO5S/c38-37(39,40)30-15-9-12-27(22-30)24-41(25-34(42)43)47(44,45)36(20-18-29(19-21-36)28-13-5-2-6-14-28)35-31-16-7-8-17-32(31)46-33(35)23-26-10-3-1-4-11-26/h1-22,29H,23-25H2,(H,42,43). The number of aliphatic carboxylic acids is 1. The number of carboxylic acid groups (broad SMARTS) is 1. The van der Waals surface area contributed by atoms with Gasteiger partial charge in [0.2, 0.25) is 10.0 Å². The quantitative estimate of drug-likeness (QED) is 0.154. The highest BCUT2D eigenvalue weighted by atomic mass is 32.2. The number of benzene rings is 4. The molecule has 0 spiro atoms. The van der Waals surface area contributed by atoms with Gasteiger partial charge in [-0.1, -0.05) is 121 Å². The lowest BCUT2D eigenvalue weighted by molar-refractivity contribution is -0.138. The molecule has 4 aromatic carbocycles. The summed E-state index contributed by atoms with van der Waals surface area (Å²) in [6.45, 7) is -1.58. The Kier molecular flexibility index (Phi) is 8.65. The van der Waals surface area contributed by atoms with E-state index in [2.05, 4.69) is 0 Å². The van der Waals surface area contributed by atoms with Crippen molar-refractivity contribution in [2.75, 3.05) is 6.54 Å². The van der Waals surface area contributed by atoms with Gasteiger partial charge < -0.3 is 9.52 Å². The van der Waals surface area contributed by atoms with E-state index in [4.69, 9.17) is 4.42 Å². The highest BCUT2D eigenvalue weighted by molar-refractivity contribution is 7.90. The van der Waals surface area contributed by atoms with Crippen molar-refractivity contribution in [3.63, 3.8) is 0 Å². The van der Waals surface area contributed by atoms with Crippen molar-refractivity contribution < 1.29 is 35.9 Å². The molecule has 0 radical (unpaired) electrons. The van der Waals surface area contributed by atoms with Gasteiger partial charge in [-0.3, -0.25) is 4.79 Å². The highest BCUT2D eigenvalue weighted by Crippen LogP contribution is 2.47. The SMILES string of the molecule is O=C(O)CN(Cc1cccc(C(F)(F)F)c1)S(=O)(=O)C1(c2c(Cc3ccccc3)oc3ccccc23)C=CC(c2ccccc2)C=C1. The number of carbonyl (C=O) groups is 1. The molecule has 1 aromatic heterocycles. The van der Waals surface area contributed by atoms with Crippen LogP contribution in [0.25, 0.3) is 11.0 Å². The molecule has 6 rings (SSSR count). The summed E-state index contributed by atoms with van der Waals surface area (Å²) in [6, 6.07) is 30.1. The van der Waals surface area contributed by atoms with Gasteiger partial charge in [0.05, 0.1) is 5.56 Å². The molecule has 1 aliphatic rings. The van der Waals surface area contributed by atoms with Gasteiger partial charge in [-0.05, 0) is 28.8 Å². The van der Waals surface area contributed by atoms with Gasteiger partial charge >= 0.3 is 12.1 Å². The van der Waals surface area contributed by atoms with E-state index in [1.807, 2.05) is 60.7 Å². The molecule has 1 heterocycles. The smallest absolute Gasteiger partial charge is 0.416 e. The monoisotopic (exact) mass is 657 g/mol. The van der Waals surface area contributed by atoms with Gasteiger partial charge in [0, 0.05) is 29.8 Å². The molecular weight excluding hydrogens is 627 g/mol. The molecule has 0 atom stereocenters. The summed E-state index contributed by atoms with van der Waals surface area (Å²) in [5.41, 5.74) is 1.56. The first-order valence-electron chi connectivity index (χ1n) is 14.8. The number of hydrogen-bond acceptors (Lipinski definition) is 4. The number of carboxylic acids is 1. The molecule has 0 saturated carbocycles. The number of allylic oxidation sites excluding steroid dienone is 2. The second-order valence-electron chi connectivity index (χ2n) is 11.4. The minimum absolute atomic E-state index is 0.00714. The summed E-state index contributed by atoms with van der Waals surface area (Å²) in [7, 11) is -4.72. The molecule has 0 fully saturated rings. The van der Waals surface area contributed by atoms with Gasteiger partial charge in [-0.2, -0.15) is 17.5 Å². The average Bonchev–Trinajstić information content (AvgIpc) is 3.43. The number of hydrogen-bond donors (Lipinski definition) is 1. The molecule has 0 saturated heterocycles. The second-order valence-corrected chi connectivity index (χ2v) is 13.5. The van der Waals surface area contributed by atoms with Crippen LogP contribution in [-0.2, 0) is 38.7 Å². The first-order chi connectivity index (χ1) is 22.5. The van der Waals surface area contributed by atoms with Crippen molar-refractivity contribution in [3.05, 3.63) is 167 Å². The van der Waals surface area contributed by atoms with Crippen LogP contribution in [0.2, 0.25) is 0 Å². The van der Waals surface area contributed by atoms with Crippen LogP contribution in [0.3, 0.4) is 0 Å². The largest absolute Gasteiger partial charge is 0.480 e. The number of para-hydroxylation sites is 1. The lowest BCUT2D eigenvalue weighted by Gasteiger charge is -2.36. The number of nitrogens with zero attached hydrogens (tertiary/aromatic N) is 1. The summed E-state index contributed by atoms with van der Waals surface area (Å²) >= 11 is 0. The zero-order chi connectivity index (χ0) is 33.2. The summed E-state index contributed by atoms with van der Waals surface area (Å²) in [6.07, 6.45) is 2.17. The number of halogens is 3. The first-order valence-corrected chi connectivity index (χ1v) is 16.3. The lowest BCUT2D eigenvalue weighted by atomic mass is 9.85. The predicted molar refractivity (Wildman–Crippen MR) is 173 cm³/mol. The maximum Gasteiger partial charge on any atom is 0.416 e. The van der Waals surface area contributed by atoms with Gasteiger partial charge in [0.15, 0.2) is 4.75 Å². The van der Waals surface area contributed by atoms with E-state index >= 15 is 8.42 Å². The fraction of sp³-hybridized carbons (Fsp3) is 0.162. The molecule has 1 aliphatic carbocycles. The van der Waals surface area contributed by atoms with Crippen LogP contribution in [0.4, 0.5) is 13.2 Å². The van der Waals surface area contributed by atoms with E-state index in [0.717, 1.165) is 27.6 Å². The highest BCUT2D eigenvalue weighted by Gasteiger charge is 2.50. The average molecular weight is 658 g/mol. The third-order valence-corrected chi connectivity index (χ3v) is 10.5. The van der Waals surface area contributed by atoms with Crippen molar-refractivity contribution in [2.24, 2.45) is 0 Å². The normalized spacial score (nSPS) is 18.2. The fourth-order valence-corrected chi connectivity index (χ4v) is 8.06. The van der Waals surface area contributed by atoms with E-state index in [0.29, 0.717) is 22.3 Å².